The molecule has 0 aliphatic rings. The van der Waals surface area contributed by atoms with E-state index in [-0.39, 0.29) is 5.69 Å². The van der Waals surface area contributed by atoms with Gasteiger partial charge in [0.25, 0.3) is 0 Å². The first-order chi connectivity index (χ1) is 8.00. The van der Waals surface area contributed by atoms with Gasteiger partial charge < -0.3 is 10.1 Å². The van der Waals surface area contributed by atoms with Crippen LogP contribution in [0, 0.1) is 11.6 Å². The van der Waals surface area contributed by atoms with E-state index in [0.717, 1.165) is 10.6 Å². The van der Waals surface area contributed by atoms with E-state index in [1.54, 1.807) is 0 Å². The van der Waals surface area contributed by atoms with Crippen molar-refractivity contribution in [2.75, 3.05) is 0 Å². The number of carboxylic acids is 1. The zero-order valence-corrected chi connectivity index (χ0v) is 8.28. The smallest absolute Gasteiger partial charge is 0.338 e. The van der Waals surface area contributed by atoms with Crippen molar-refractivity contribution in [3.63, 3.8) is 0 Å². The molecule has 1 aromatic heterocycles. The van der Waals surface area contributed by atoms with E-state index in [0.29, 0.717) is 6.07 Å². The number of aromatic amines is 1. The highest BCUT2D eigenvalue weighted by Crippen LogP contribution is 2.17. The summed E-state index contributed by atoms with van der Waals surface area (Å²) in [6.07, 6.45) is 2.47. The molecule has 5 nitrogen and oxygen atoms in total. The third-order valence-corrected chi connectivity index (χ3v) is 2.18. The van der Waals surface area contributed by atoms with Crippen molar-refractivity contribution in [2.45, 2.75) is 0 Å². The summed E-state index contributed by atoms with van der Waals surface area (Å²) < 4.78 is 27.4. The maximum Gasteiger partial charge on any atom is 0.338 e. The normalized spacial score (nSPS) is 10.5. The lowest BCUT2D eigenvalue weighted by Crippen LogP contribution is -2.16. The largest absolute Gasteiger partial charge is 0.478 e. The minimum Gasteiger partial charge on any atom is -0.478 e. The fourth-order valence-corrected chi connectivity index (χ4v) is 1.40. The van der Waals surface area contributed by atoms with E-state index >= 15 is 0 Å². The summed E-state index contributed by atoms with van der Waals surface area (Å²) in [5.74, 6) is -3.75. The highest BCUT2D eigenvalue weighted by molar-refractivity contribution is 5.88. The minimum atomic E-state index is -1.53. The van der Waals surface area contributed by atoms with Crippen molar-refractivity contribution in [1.29, 1.82) is 0 Å². The number of hydrogen-bond donors (Lipinski definition) is 2. The van der Waals surface area contributed by atoms with E-state index in [9.17, 15) is 18.4 Å². The predicted molar refractivity (Wildman–Crippen MR) is 53.3 cm³/mol. The summed E-state index contributed by atoms with van der Waals surface area (Å²) in [4.78, 5) is 24.2. The molecule has 2 aromatic rings. The summed E-state index contributed by atoms with van der Waals surface area (Å²) in [6.45, 7) is 0. The van der Waals surface area contributed by atoms with Gasteiger partial charge in [-0.05, 0) is 6.07 Å². The summed E-state index contributed by atoms with van der Waals surface area (Å²) in [6, 6.07) is 1.19. The number of nitrogens with one attached hydrogen (secondary N) is 1. The molecular weight excluding hydrogens is 234 g/mol. The molecule has 0 radical (unpaired) electrons. The Morgan fingerprint density at radius 3 is 2.53 bits per heavy atom. The third kappa shape index (κ3) is 1.82. The highest BCUT2D eigenvalue weighted by atomic mass is 19.1. The number of aromatic carboxylic acids is 1. The molecule has 0 atom stereocenters. The topological polar surface area (TPSA) is 75.1 Å². The van der Waals surface area contributed by atoms with Crippen molar-refractivity contribution >= 4 is 5.97 Å². The molecule has 0 saturated carbocycles. The molecule has 17 heavy (non-hydrogen) atoms. The van der Waals surface area contributed by atoms with Crippen molar-refractivity contribution in [1.82, 2.24) is 9.55 Å². The van der Waals surface area contributed by atoms with Crippen molar-refractivity contribution in [3.05, 3.63) is 52.2 Å². The van der Waals surface area contributed by atoms with Gasteiger partial charge in [-0.25, -0.2) is 18.4 Å². The van der Waals surface area contributed by atoms with Gasteiger partial charge in [-0.3, -0.25) is 4.57 Å². The number of rotatable bonds is 2. The molecule has 2 rings (SSSR count). The monoisotopic (exact) mass is 240 g/mol. The van der Waals surface area contributed by atoms with E-state index in [1.807, 2.05) is 0 Å². The lowest BCUT2D eigenvalue weighted by Gasteiger charge is -2.05. The van der Waals surface area contributed by atoms with Gasteiger partial charge in [0.2, 0.25) is 0 Å². The van der Waals surface area contributed by atoms with Crippen LogP contribution in [0.4, 0.5) is 8.78 Å². The van der Waals surface area contributed by atoms with Crippen LogP contribution in [-0.4, -0.2) is 20.6 Å². The Balaban J connectivity index is 2.71. The van der Waals surface area contributed by atoms with E-state index in [4.69, 9.17) is 5.11 Å². The number of carbonyl (C=O) groups is 1. The van der Waals surface area contributed by atoms with Gasteiger partial charge in [-0.1, -0.05) is 0 Å². The first kappa shape index (κ1) is 11.1. The summed E-state index contributed by atoms with van der Waals surface area (Å²) in [5, 5.41) is 8.69. The summed E-state index contributed by atoms with van der Waals surface area (Å²) >= 11 is 0. The van der Waals surface area contributed by atoms with Crippen LogP contribution in [0.5, 0.6) is 0 Å². The van der Waals surface area contributed by atoms with Gasteiger partial charge in [0.05, 0.1) is 11.3 Å². The first-order valence-corrected chi connectivity index (χ1v) is 4.49. The number of H-pyrrole nitrogens is 1. The van der Waals surface area contributed by atoms with Crippen LogP contribution in [0.25, 0.3) is 5.69 Å². The number of hydrogen-bond acceptors (Lipinski definition) is 2. The fraction of sp³-hybridized carbons (Fsp3) is 0. The zero-order valence-electron chi connectivity index (χ0n) is 8.28. The van der Waals surface area contributed by atoms with Gasteiger partial charge in [0, 0.05) is 18.5 Å². The van der Waals surface area contributed by atoms with Gasteiger partial charge in [0.15, 0.2) is 0 Å². The molecule has 1 heterocycles. The van der Waals surface area contributed by atoms with Crippen molar-refractivity contribution < 1.29 is 18.7 Å². The quantitative estimate of drug-likeness (QED) is 0.826. The number of aromatic nitrogens is 2. The Morgan fingerprint density at radius 1 is 1.29 bits per heavy atom. The van der Waals surface area contributed by atoms with E-state index in [2.05, 4.69) is 4.98 Å². The summed E-state index contributed by atoms with van der Waals surface area (Å²) in [5.41, 5.74) is -1.67. The maximum atomic E-state index is 13.4. The lowest BCUT2D eigenvalue weighted by molar-refractivity contribution is 0.0691. The van der Waals surface area contributed by atoms with Gasteiger partial charge in [-0.2, -0.15) is 0 Å². The zero-order chi connectivity index (χ0) is 12.6. The van der Waals surface area contributed by atoms with Crippen LogP contribution >= 0.6 is 0 Å². The molecule has 0 amide bonds. The van der Waals surface area contributed by atoms with Crippen LogP contribution in [-0.2, 0) is 0 Å². The molecule has 7 heteroatoms. The molecule has 1 aromatic carbocycles. The third-order valence-electron chi connectivity index (χ3n) is 2.18. The van der Waals surface area contributed by atoms with Crippen LogP contribution < -0.4 is 5.69 Å². The van der Waals surface area contributed by atoms with Crippen LogP contribution in [0.3, 0.4) is 0 Å². The van der Waals surface area contributed by atoms with Gasteiger partial charge >= 0.3 is 11.7 Å². The number of nitrogens with zero attached hydrogens (tertiary/aromatic N) is 1. The number of halogens is 2. The van der Waals surface area contributed by atoms with E-state index < -0.39 is 28.9 Å². The molecule has 0 unspecified atom stereocenters. The molecule has 0 saturated heterocycles. The Bertz CT molecular complexity index is 645. The number of benzene rings is 1. The van der Waals surface area contributed by atoms with Crippen molar-refractivity contribution in [3.8, 4) is 5.69 Å². The van der Waals surface area contributed by atoms with E-state index in [1.165, 1.54) is 12.4 Å². The molecule has 0 aliphatic heterocycles. The fourth-order valence-electron chi connectivity index (χ4n) is 1.40. The lowest BCUT2D eigenvalue weighted by atomic mass is 10.2. The Morgan fingerprint density at radius 2 is 2.00 bits per heavy atom. The Kier molecular flexibility index (Phi) is 2.51. The SMILES string of the molecule is O=C(O)c1cc(-n2cc[nH]c2=O)c(F)cc1F. The van der Waals surface area contributed by atoms with Crippen molar-refractivity contribution in [2.24, 2.45) is 0 Å². The molecule has 0 aliphatic carbocycles. The molecule has 88 valence electrons. The number of imidazole rings is 1. The molecule has 2 N–H and O–H groups in total. The van der Waals surface area contributed by atoms with Crippen LogP contribution in [0.15, 0.2) is 29.3 Å². The van der Waals surface area contributed by atoms with Crippen LogP contribution in [0.2, 0.25) is 0 Å². The number of carboxylic acid groups (broad SMARTS) is 1. The average Bonchev–Trinajstić information content (AvgIpc) is 2.64. The second kappa shape index (κ2) is 3.85. The standard InChI is InChI=1S/C10H6F2N2O3/c11-6-4-7(12)8(3-5(6)9(15)16)14-2-1-13-10(14)17/h1-4H,(H,13,17)(H,15,16). The molecular formula is C10H6F2N2O3. The van der Waals surface area contributed by atoms with Gasteiger partial charge in [-0.15, -0.1) is 0 Å². The Labute approximate surface area is 92.9 Å². The average molecular weight is 240 g/mol. The first-order valence-electron chi connectivity index (χ1n) is 4.49. The van der Waals surface area contributed by atoms with Gasteiger partial charge in [0.1, 0.15) is 11.6 Å². The van der Waals surface area contributed by atoms with Crippen LogP contribution in [0.1, 0.15) is 10.4 Å². The highest BCUT2D eigenvalue weighted by Gasteiger charge is 2.16. The maximum absolute atomic E-state index is 13.4. The molecule has 0 bridgehead atoms. The molecule has 0 fully saturated rings. The molecule has 0 spiro atoms. The minimum absolute atomic E-state index is 0.324. The predicted octanol–water partition coefficient (Wildman–Crippen LogP) is 1.14. The summed E-state index contributed by atoms with van der Waals surface area (Å²) in [7, 11) is 0. The Hall–Kier alpha value is -2.44. The second-order valence-electron chi connectivity index (χ2n) is 3.22. The second-order valence-corrected chi connectivity index (χ2v) is 3.22.